The molecule has 3 aromatic heterocycles. The van der Waals surface area contributed by atoms with Gasteiger partial charge in [-0.2, -0.15) is 0 Å². The second kappa shape index (κ2) is 5.77. The van der Waals surface area contributed by atoms with Crippen LogP contribution in [0.5, 0.6) is 0 Å². The van der Waals surface area contributed by atoms with Crippen LogP contribution in [0.15, 0.2) is 35.8 Å². The first-order valence-corrected chi connectivity index (χ1v) is 8.75. The Morgan fingerprint density at radius 1 is 1.22 bits per heavy atom. The minimum absolute atomic E-state index is 0.169. The second-order valence-corrected chi connectivity index (χ2v) is 6.90. The van der Waals surface area contributed by atoms with E-state index in [0.717, 1.165) is 47.8 Å². The van der Waals surface area contributed by atoms with E-state index in [4.69, 9.17) is 0 Å². The number of aryl methyl sites for hydroxylation is 1. The summed E-state index contributed by atoms with van der Waals surface area (Å²) in [4.78, 5) is 15.4. The number of hydrogen-bond donors (Lipinski definition) is 0. The van der Waals surface area contributed by atoms with Crippen LogP contribution in [0.4, 0.5) is 0 Å². The van der Waals surface area contributed by atoms with Gasteiger partial charge in [-0.15, -0.1) is 21.5 Å². The molecule has 1 saturated heterocycles. The van der Waals surface area contributed by atoms with E-state index in [1.807, 2.05) is 47.7 Å². The molecule has 0 spiro atoms. The third kappa shape index (κ3) is 2.53. The Morgan fingerprint density at radius 3 is 2.78 bits per heavy atom. The van der Waals surface area contributed by atoms with Crippen LogP contribution in [0, 0.1) is 6.92 Å². The van der Waals surface area contributed by atoms with Crippen molar-refractivity contribution in [2.45, 2.75) is 25.7 Å². The zero-order valence-electron chi connectivity index (χ0n) is 13.0. The van der Waals surface area contributed by atoms with Gasteiger partial charge in [-0.1, -0.05) is 6.07 Å². The predicted octanol–water partition coefficient (Wildman–Crippen LogP) is 3.12. The molecule has 0 unspecified atom stereocenters. The molecule has 0 aliphatic carbocycles. The van der Waals surface area contributed by atoms with E-state index in [1.165, 1.54) is 11.3 Å². The lowest BCUT2D eigenvalue weighted by atomic mass is 9.95. The van der Waals surface area contributed by atoms with Crippen molar-refractivity contribution in [3.63, 3.8) is 0 Å². The average molecular weight is 326 g/mol. The van der Waals surface area contributed by atoms with Gasteiger partial charge in [-0.3, -0.25) is 9.20 Å². The minimum atomic E-state index is 0.169. The molecular formula is C17H18N4OS. The van der Waals surface area contributed by atoms with Gasteiger partial charge < -0.3 is 4.90 Å². The summed E-state index contributed by atoms with van der Waals surface area (Å²) >= 11 is 1.53. The Bertz CT molecular complexity index is 845. The monoisotopic (exact) mass is 326 g/mol. The van der Waals surface area contributed by atoms with Crippen LogP contribution in [0.1, 0.15) is 39.8 Å². The van der Waals surface area contributed by atoms with Gasteiger partial charge in [0.2, 0.25) is 0 Å². The van der Waals surface area contributed by atoms with E-state index >= 15 is 0 Å². The maximum absolute atomic E-state index is 12.6. The Kier molecular flexibility index (Phi) is 3.61. The molecule has 0 bridgehead atoms. The lowest BCUT2D eigenvalue weighted by Gasteiger charge is -2.31. The third-order valence-corrected chi connectivity index (χ3v) is 5.55. The summed E-state index contributed by atoms with van der Waals surface area (Å²) in [7, 11) is 0. The molecule has 4 heterocycles. The highest BCUT2D eigenvalue weighted by molar-refractivity contribution is 7.12. The maximum atomic E-state index is 12.6. The fourth-order valence-electron chi connectivity index (χ4n) is 3.21. The smallest absolute Gasteiger partial charge is 0.264 e. The number of carbonyl (C=O) groups is 1. The van der Waals surface area contributed by atoms with E-state index < -0.39 is 0 Å². The molecule has 0 N–H and O–H groups in total. The summed E-state index contributed by atoms with van der Waals surface area (Å²) < 4.78 is 2.06. The third-order valence-electron chi connectivity index (χ3n) is 4.54. The van der Waals surface area contributed by atoms with Gasteiger partial charge in [0.1, 0.15) is 5.82 Å². The number of hydrogen-bond acceptors (Lipinski definition) is 4. The lowest BCUT2D eigenvalue weighted by Crippen LogP contribution is -2.38. The first kappa shape index (κ1) is 14.4. The number of amides is 1. The standard InChI is InChI=1S/C17H18N4OS/c1-12-7-11-23-15(12)17(22)20-9-5-13(6-10-20)16-19-18-14-4-2-3-8-21(14)16/h2-4,7-8,11,13H,5-6,9-10H2,1H3. The lowest BCUT2D eigenvalue weighted by molar-refractivity contribution is 0.0715. The van der Waals surface area contributed by atoms with Crippen molar-refractivity contribution in [1.82, 2.24) is 19.5 Å². The molecule has 0 atom stereocenters. The van der Waals surface area contributed by atoms with Gasteiger partial charge in [0, 0.05) is 25.2 Å². The summed E-state index contributed by atoms with van der Waals surface area (Å²) in [6.07, 6.45) is 3.88. The maximum Gasteiger partial charge on any atom is 0.264 e. The number of fused-ring (bicyclic) bond motifs is 1. The quantitative estimate of drug-likeness (QED) is 0.727. The topological polar surface area (TPSA) is 50.5 Å². The predicted molar refractivity (Wildman–Crippen MR) is 89.9 cm³/mol. The van der Waals surface area contributed by atoms with Crippen molar-refractivity contribution in [1.29, 1.82) is 0 Å². The Morgan fingerprint density at radius 2 is 2.04 bits per heavy atom. The van der Waals surface area contributed by atoms with Gasteiger partial charge in [0.15, 0.2) is 5.65 Å². The molecule has 1 amide bonds. The molecule has 118 valence electrons. The number of rotatable bonds is 2. The van der Waals surface area contributed by atoms with Crippen LogP contribution in [-0.2, 0) is 0 Å². The molecule has 0 saturated carbocycles. The summed E-state index contributed by atoms with van der Waals surface area (Å²) in [6, 6.07) is 7.94. The van der Waals surface area contributed by atoms with Crippen molar-refractivity contribution in [3.05, 3.63) is 52.1 Å². The summed E-state index contributed by atoms with van der Waals surface area (Å²) in [5.74, 6) is 1.54. The van der Waals surface area contributed by atoms with Crippen molar-refractivity contribution in [3.8, 4) is 0 Å². The van der Waals surface area contributed by atoms with E-state index in [-0.39, 0.29) is 5.91 Å². The molecule has 23 heavy (non-hydrogen) atoms. The number of aromatic nitrogens is 3. The Balaban J connectivity index is 1.49. The summed E-state index contributed by atoms with van der Waals surface area (Å²) in [6.45, 7) is 3.56. The van der Waals surface area contributed by atoms with Gasteiger partial charge in [0.25, 0.3) is 5.91 Å². The number of thiophene rings is 1. The number of nitrogens with zero attached hydrogens (tertiary/aromatic N) is 4. The molecule has 0 radical (unpaired) electrons. The van der Waals surface area contributed by atoms with Crippen LogP contribution in [0.25, 0.3) is 5.65 Å². The molecule has 1 aliphatic heterocycles. The average Bonchev–Trinajstić information content (AvgIpc) is 3.20. The van der Waals surface area contributed by atoms with E-state index in [0.29, 0.717) is 5.92 Å². The molecule has 4 rings (SSSR count). The molecule has 5 nitrogen and oxygen atoms in total. The van der Waals surface area contributed by atoms with Crippen LogP contribution in [0.2, 0.25) is 0 Å². The molecule has 1 aliphatic rings. The molecule has 3 aromatic rings. The fraction of sp³-hybridized carbons (Fsp3) is 0.353. The van der Waals surface area contributed by atoms with E-state index in [1.54, 1.807) is 0 Å². The fourth-order valence-corrected chi connectivity index (χ4v) is 4.11. The van der Waals surface area contributed by atoms with Crippen molar-refractivity contribution >= 4 is 22.9 Å². The van der Waals surface area contributed by atoms with Crippen molar-refractivity contribution in [2.24, 2.45) is 0 Å². The number of likely N-dealkylation sites (tertiary alicyclic amines) is 1. The first-order valence-electron chi connectivity index (χ1n) is 7.87. The van der Waals surface area contributed by atoms with E-state index in [2.05, 4.69) is 14.6 Å². The largest absolute Gasteiger partial charge is 0.338 e. The van der Waals surface area contributed by atoms with Gasteiger partial charge >= 0.3 is 0 Å². The van der Waals surface area contributed by atoms with Gasteiger partial charge in [0.05, 0.1) is 4.88 Å². The van der Waals surface area contributed by atoms with Crippen molar-refractivity contribution in [2.75, 3.05) is 13.1 Å². The SMILES string of the molecule is Cc1ccsc1C(=O)N1CCC(c2nnc3ccccn23)CC1. The van der Waals surface area contributed by atoms with Crippen LogP contribution in [0.3, 0.4) is 0 Å². The number of piperidine rings is 1. The zero-order chi connectivity index (χ0) is 15.8. The molecule has 1 fully saturated rings. The Hall–Kier alpha value is -2.21. The van der Waals surface area contributed by atoms with Crippen LogP contribution >= 0.6 is 11.3 Å². The molecule has 6 heteroatoms. The first-order chi connectivity index (χ1) is 11.2. The highest BCUT2D eigenvalue weighted by atomic mass is 32.1. The van der Waals surface area contributed by atoms with Crippen LogP contribution in [-0.4, -0.2) is 38.5 Å². The molecule has 0 aromatic carbocycles. The second-order valence-electron chi connectivity index (χ2n) is 5.99. The highest BCUT2D eigenvalue weighted by Gasteiger charge is 2.28. The molecular weight excluding hydrogens is 308 g/mol. The summed E-state index contributed by atoms with van der Waals surface area (Å²) in [5, 5.41) is 10.6. The summed E-state index contributed by atoms with van der Waals surface area (Å²) in [5.41, 5.74) is 1.96. The van der Waals surface area contributed by atoms with Gasteiger partial charge in [-0.25, -0.2) is 0 Å². The zero-order valence-corrected chi connectivity index (χ0v) is 13.8. The highest BCUT2D eigenvalue weighted by Crippen LogP contribution is 2.28. The Labute approximate surface area is 138 Å². The number of pyridine rings is 1. The minimum Gasteiger partial charge on any atom is -0.338 e. The van der Waals surface area contributed by atoms with Gasteiger partial charge in [-0.05, 0) is 48.9 Å². The van der Waals surface area contributed by atoms with Crippen molar-refractivity contribution < 1.29 is 4.79 Å². The van der Waals surface area contributed by atoms with Crippen LogP contribution < -0.4 is 0 Å². The normalized spacial score (nSPS) is 16.1. The number of carbonyl (C=O) groups excluding carboxylic acids is 1. The van der Waals surface area contributed by atoms with E-state index in [9.17, 15) is 4.79 Å².